The average molecular weight is 416 g/mol. The number of nitrogens with one attached hydrogen (secondary N) is 1. The van der Waals surface area contributed by atoms with Crippen molar-refractivity contribution in [3.63, 3.8) is 0 Å². The standard InChI is InChI=1S/C21H25N3O4S/c1-2-29(27,28)19-11-4-3-9-17(19)21(26)23-16-8-5-7-15(13-16)14-24-12-6-10-18(24)20(22)25/h3-5,7-9,11,13,18H,2,6,10,12,14H2,1H3,(H2,22,25)(H,23,26). The molecule has 2 amide bonds. The SMILES string of the molecule is CCS(=O)(=O)c1ccccc1C(=O)Nc1cccc(CN2CCCC2C(N)=O)c1. The van der Waals surface area contributed by atoms with Crippen LogP contribution in [0.25, 0.3) is 0 Å². The van der Waals surface area contributed by atoms with Gasteiger partial charge in [0.05, 0.1) is 22.3 Å². The Morgan fingerprint density at radius 1 is 1.17 bits per heavy atom. The molecule has 0 spiro atoms. The van der Waals surface area contributed by atoms with E-state index in [2.05, 4.69) is 5.32 Å². The molecule has 0 aliphatic carbocycles. The summed E-state index contributed by atoms with van der Waals surface area (Å²) in [6, 6.07) is 13.2. The van der Waals surface area contributed by atoms with Gasteiger partial charge in [-0.2, -0.15) is 0 Å². The molecule has 3 N–H and O–H groups in total. The minimum absolute atomic E-state index is 0.0255. The van der Waals surface area contributed by atoms with Crippen molar-refractivity contribution < 1.29 is 18.0 Å². The highest BCUT2D eigenvalue weighted by Gasteiger charge is 2.28. The molecule has 0 radical (unpaired) electrons. The van der Waals surface area contributed by atoms with Crippen molar-refractivity contribution in [2.24, 2.45) is 5.73 Å². The molecule has 1 fully saturated rings. The van der Waals surface area contributed by atoms with Crippen LogP contribution in [0, 0.1) is 0 Å². The number of amides is 2. The van der Waals surface area contributed by atoms with Gasteiger partial charge >= 0.3 is 0 Å². The van der Waals surface area contributed by atoms with Crippen LogP contribution in [0.2, 0.25) is 0 Å². The van der Waals surface area contributed by atoms with Gasteiger partial charge in [0.25, 0.3) is 5.91 Å². The monoisotopic (exact) mass is 415 g/mol. The minimum Gasteiger partial charge on any atom is -0.368 e. The average Bonchev–Trinajstić information content (AvgIpc) is 3.16. The summed E-state index contributed by atoms with van der Waals surface area (Å²) in [5.41, 5.74) is 7.09. The third-order valence-corrected chi connectivity index (χ3v) is 6.90. The summed E-state index contributed by atoms with van der Waals surface area (Å²) in [6.45, 7) is 2.90. The van der Waals surface area contributed by atoms with Crippen molar-refractivity contribution in [1.29, 1.82) is 0 Å². The van der Waals surface area contributed by atoms with Crippen LogP contribution in [0.5, 0.6) is 0 Å². The van der Waals surface area contributed by atoms with E-state index < -0.39 is 15.7 Å². The lowest BCUT2D eigenvalue weighted by Gasteiger charge is -2.22. The van der Waals surface area contributed by atoms with Crippen LogP contribution < -0.4 is 11.1 Å². The van der Waals surface area contributed by atoms with E-state index in [1.807, 2.05) is 23.1 Å². The number of hydrogen-bond acceptors (Lipinski definition) is 5. The van der Waals surface area contributed by atoms with Gasteiger partial charge in [-0.3, -0.25) is 14.5 Å². The molecule has 7 nitrogen and oxygen atoms in total. The molecule has 1 atom stereocenters. The molecular formula is C21H25N3O4S. The quantitative estimate of drug-likeness (QED) is 0.720. The van der Waals surface area contributed by atoms with E-state index in [0.29, 0.717) is 12.2 Å². The predicted molar refractivity (Wildman–Crippen MR) is 111 cm³/mol. The van der Waals surface area contributed by atoms with E-state index in [1.165, 1.54) is 12.1 Å². The number of carbonyl (C=O) groups is 2. The Kier molecular flexibility index (Phi) is 6.34. The van der Waals surface area contributed by atoms with Gasteiger partial charge in [-0.25, -0.2) is 8.42 Å². The minimum atomic E-state index is -3.52. The molecular weight excluding hydrogens is 390 g/mol. The number of nitrogens with zero attached hydrogens (tertiary/aromatic N) is 1. The Balaban J connectivity index is 1.78. The predicted octanol–water partition coefficient (Wildman–Crippen LogP) is 2.18. The summed E-state index contributed by atoms with van der Waals surface area (Å²) in [4.78, 5) is 26.4. The van der Waals surface area contributed by atoms with Crippen molar-refractivity contribution in [2.75, 3.05) is 17.6 Å². The van der Waals surface area contributed by atoms with Gasteiger partial charge < -0.3 is 11.1 Å². The lowest BCUT2D eigenvalue weighted by molar-refractivity contribution is -0.122. The fourth-order valence-electron chi connectivity index (χ4n) is 3.60. The summed E-state index contributed by atoms with van der Waals surface area (Å²) >= 11 is 0. The molecule has 1 saturated heterocycles. The van der Waals surface area contributed by atoms with Crippen LogP contribution in [0.4, 0.5) is 5.69 Å². The van der Waals surface area contributed by atoms with E-state index in [1.54, 1.807) is 25.1 Å². The zero-order valence-electron chi connectivity index (χ0n) is 16.3. The second-order valence-electron chi connectivity index (χ2n) is 7.08. The van der Waals surface area contributed by atoms with E-state index in [9.17, 15) is 18.0 Å². The Morgan fingerprint density at radius 3 is 2.66 bits per heavy atom. The molecule has 2 aromatic carbocycles. The highest BCUT2D eigenvalue weighted by molar-refractivity contribution is 7.91. The maximum atomic E-state index is 12.7. The highest BCUT2D eigenvalue weighted by atomic mass is 32.2. The van der Waals surface area contributed by atoms with Crippen LogP contribution >= 0.6 is 0 Å². The fourth-order valence-corrected chi connectivity index (χ4v) is 4.69. The lowest BCUT2D eigenvalue weighted by Crippen LogP contribution is -2.39. The normalized spacial score (nSPS) is 17.2. The van der Waals surface area contributed by atoms with Crippen LogP contribution in [0.15, 0.2) is 53.4 Å². The van der Waals surface area contributed by atoms with Crippen LogP contribution in [-0.2, 0) is 21.2 Å². The van der Waals surface area contributed by atoms with E-state index in [0.717, 1.165) is 24.9 Å². The first-order valence-electron chi connectivity index (χ1n) is 9.57. The number of hydrogen-bond donors (Lipinski definition) is 2. The largest absolute Gasteiger partial charge is 0.368 e. The van der Waals surface area contributed by atoms with Crippen LogP contribution in [0.3, 0.4) is 0 Å². The topological polar surface area (TPSA) is 110 Å². The molecule has 154 valence electrons. The maximum absolute atomic E-state index is 12.7. The molecule has 1 unspecified atom stereocenters. The number of likely N-dealkylation sites (tertiary alicyclic amines) is 1. The number of sulfone groups is 1. The van der Waals surface area contributed by atoms with Gasteiger partial charge in [0.1, 0.15) is 0 Å². The third-order valence-electron chi connectivity index (χ3n) is 5.11. The number of carbonyl (C=O) groups excluding carboxylic acids is 2. The van der Waals surface area contributed by atoms with Crippen molar-refractivity contribution in [3.05, 3.63) is 59.7 Å². The van der Waals surface area contributed by atoms with E-state index in [4.69, 9.17) is 5.73 Å². The fraction of sp³-hybridized carbons (Fsp3) is 0.333. The third kappa shape index (κ3) is 4.83. The smallest absolute Gasteiger partial charge is 0.256 e. The number of benzene rings is 2. The molecule has 0 aromatic heterocycles. The lowest BCUT2D eigenvalue weighted by atomic mass is 10.1. The zero-order valence-corrected chi connectivity index (χ0v) is 17.1. The highest BCUT2D eigenvalue weighted by Crippen LogP contribution is 2.22. The van der Waals surface area contributed by atoms with Crippen molar-refractivity contribution in [3.8, 4) is 0 Å². The molecule has 0 saturated carbocycles. The molecule has 29 heavy (non-hydrogen) atoms. The van der Waals surface area contributed by atoms with Gasteiger partial charge in [-0.15, -0.1) is 0 Å². The Bertz CT molecular complexity index is 1020. The van der Waals surface area contributed by atoms with Crippen molar-refractivity contribution >= 4 is 27.3 Å². The van der Waals surface area contributed by atoms with Gasteiger partial charge in [-0.1, -0.05) is 31.2 Å². The second kappa shape index (κ2) is 8.75. The summed E-state index contributed by atoms with van der Waals surface area (Å²) < 4.78 is 24.6. The summed E-state index contributed by atoms with van der Waals surface area (Å²) in [6.07, 6.45) is 1.68. The Labute approximate surface area is 170 Å². The molecule has 1 aliphatic rings. The molecule has 2 aromatic rings. The van der Waals surface area contributed by atoms with Crippen LogP contribution in [-0.4, -0.2) is 43.5 Å². The number of rotatable bonds is 7. The zero-order chi connectivity index (χ0) is 21.0. The molecule has 1 aliphatic heterocycles. The second-order valence-corrected chi connectivity index (χ2v) is 9.33. The maximum Gasteiger partial charge on any atom is 0.256 e. The number of primary amides is 1. The van der Waals surface area contributed by atoms with Gasteiger partial charge in [-0.05, 0) is 49.2 Å². The van der Waals surface area contributed by atoms with Crippen molar-refractivity contribution in [2.45, 2.75) is 37.2 Å². The van der Waals surface area contributed by atoms with Gasteiger partial charge in [0.2, 0.25) is 5.91 Å². The summed E-state index contributed by atoms with van der Waals surface area (Å²) in [5, 5.41) is 2.78. The first-order valence-corrected chi connectivity index (χ1v) is 11.2. The Morgan fingerprint density at radius 2 is 1.93 bits per heavy atom. The molecule has 3 rings (SSSR count). The van der Waals surface area contributed by atoms with E-state index >= 15 is 0 Å². The van der Waals surface area contributed by atoms with Gasteiger partial charge in [0, 0.05) is 12.2 Å². The van der Waals surface area contributed by atoms with Gasteiger partial charge in [0.15, 0.2) is 9.84 Å². The van der Waals surface area contributed by atoms with E-state index in [-0.39, 0.29) is 28.2 Å². The molecule has 8 heteroatoms. The number of anilines is 1. The summed E-state index contributed by atoms with van der Waals surface area (Å²) in [5.74, 6) is -0.879. The first kappa shape index (κ1) is 21.0. The van der Waals surface area contributed by atoms with Crippen molar-refractivity contribution in [1.82, 2.24) is 4.90 Å². The summed E-state index contributed by atoms with van der Waals surface area (Å²) in [7, 11) is -3.52. The molecule has 0 bridgehead atoms. The van der Waals surface area contributed by atoms with Crippen LogP contribution in [0.1, 0.15) is 35.7 Å². The molecule has 1 heterocycles. The first-order chi connectivity index (χ1) is 13.8. The number of nitrogens with two attached hydrogens (primary N) is 1. The Hall–Kier alpha value is -2.71.